The Morgan fingerprint density at radius 2 is 2.04 bits per heavy atom. The van der Waals surface area contributed by atoms with Gasteiger partial charge in [0.05, 0.1) is 21.2 Å². The number of aryl methyl sites for hydroxylation is 1. The Morgan fingerprint density at radius 3 is 2.79 bits per heavy atom. The first-order valence-electron chi connectivity index (χ1n) is 8.86. The van der Waals surface area contributed by atoms with E-state index in [-0.39, 0.29) is 11.5 Å². The van der Waals surface area contributed by atoms with Crippen molar-refractivity contribution in [2.24, 2.45) is 0 Å². The molecule has 0 radical (unpaired) electrons. The van der Waals surface area contributed by atoms with Gasteiger partial charge in [-0.05, 0) is 36.8 Å². The van der Waals surface area contributed by atoms with Gasteiger partial charge in [0.25, 0.3) is 5.56 Å². The number of anilines is 1. The van der Waals surface area contributed by atoms with Crippen LogP contribution in [0.15, 0.2) is 34.2 Å². The highest BCUT2D eigenvalue weighted by atomic mass is 32.2. The summed E-state index contributed by atoms with van der Waals surface area (Å²) in [6.45, 7) is 8.01. The van der Waals surface area contributed by atoms with E-state index >= 15 is 0 Å². The van der Waals surface area contributed by atoms with Gasteiger partial charge in [-0.2, -0.15) is 11.8 Å². The Bertz CT molecular complexity index is 1050. The molecule has 0 aliphatic carbocycles. The number of H-pyrrole nitrogens is 1. The summed E-state index contributed by atoms with van der Waals surface area (Å²) in [6.07, 6.45) is 0. The molecule has 0 bridgehead atoms. The summed E-state index contributed by atoms with van der Waals surface area (Å²) in [5, 5.41) is 3.92. The first-order chi connectivity index (χ1) is 13.3. The Balaban J connectivity index is 1.67. The van der Waals surface area contributed by atoms with Crippen LogP contribution in [0.1, 0.15) is 32.0 Å². The normalized spacial score (nSPS) is 12.5. The fourth-order valence-electron chi connectivity index (χ4n) is 2.38. The molecule has 3 aromatic rings. The van der Waals surface area contributed by atoms with Crippen molar-refractivity contribution in [3.8, 4) is 0 Å². The van der Waals surface area contributed by atoms with Gasteiger partial charge >= 0.3 is 0 Å². The van der Waals surface area contributed by atoms with Crippen molar-refractivity contribution >= 4 is 56.1 Å². The molecule has 2 heterocycles. The van der Waals surface area contributed by atoms with Gasteiger partial charge in [-0.1, -0.05) is 43.0 Å². The van der Waals surface area contributed by atoms with Crippen LogP contribution in [0.2, 0.25) is 0 Å². The first kappa shape index (κ1) is 20.9. The molecule has 0 fully saturated rings. The Kier molecular flexibility index (Phi) is 6.79. The maximum Gasteiger partial charge on any atom is 0.251 e. The van der Waals surface area contributed by atoms with E-state index in [1.165, 1.54) is 29.2 Å². The van der Waals surface area contributed by atoms with Gasteiger partial charge in [-0.25, -0.2) is 9.97 Å². The third kappa shape index (κ3) is 5.59. The van der Waals surface area contributed by atoms with Gasteiger partial charge in [0.2, 0.25) is 5.91 Å². The Labute approximate surface area is 176 Å². The SMILES string of the molecule is Cc1ccc2nc(NC(=O)C(C)Sc3nc(CSC(C)C)cc(=O)[nH]3)sc2c1. The van der Waals surface area contributed by atoms with Gasteiger partial charge < -0.3 is 10.3 Å². The van der Waals surface area contributed by atoms with Crippen LogP contribution in [0.5, 0.6) is 0 Å². The number of thioether (sulfide) groups is 2. The van der Waals surface area contributed by atoms with Crippen LogP contribution in [-0.2, 0) is 10.5 Å². The highest BCUT2D eigenvalue weighted by Crippen LogP contribution is 2.28. The third-order valence-corrected chi connectivity index (χ3v) is 6.82. The number of hydrogen-bond acceptors (Lipinski definition) is 7. The Morgan fingerprint density at radius 1 is 1.25 bits per heavy atom. The fraction of sp³-hybridized carbons (Fsp3) is 0.368. The zero-order chi connectivity index (χ0) is 20.3. The molecule has 28 heavy (non-hydrogen) atoms. The lowest BCUT2D eigenvalue weighted by molar-refractivity contribution is -0.115. The van der Waals surface area contributed by atoms with E-state index < -0.39 is 5.25 Å². The quantitative estimate of drug-likeness (QED) is 0.422. The number of aromatic nitrogens is 3. The van der Waals surface area contributed by atoms with Crippen molar-refractivity contribution in [3.05, 3.63) is 45.9 Å². The number of fused-ring (bicyclic) bond motifs is 1. The van der Waals surface area contributed by atoms with Gasteiger partial charge in [0.15, 0.2) is 10.3 Å². The largest absolute Gasteiger partial charge is 0.301 e. The number of amides is 1. The number of rotatable bonds is 7. The van der Waals surface area contributed by atoms with E-state index in [4.69, 9.17) is 0 Å². The van der Waals surface area contributed by atoms with Gasteiger partial charge in [-0.15, -0.1) is 0 Å². The number of nitrogens with zero attached hydrogens (tertiary/aromatic N) is 2. The highest BCUT2D eigenvalue weighted by Gasteiger charge is 2.18. The summed E-state index contributed by atoms with van der Waals surface area (Å²) < 4.78 is 1.04. The molecule has 0 saturated heterocycles. The average molecular weight is 435 g/mol. The van der Waals surface area contributed by atoms with Crippen LogP contribution in [0.3, 0.4) is 0 Å². The predicted octanol–water partition coefficient (Wildman–Crippen LogP) is 4.45. The smallest absolute Gasteiger partial charge is 0.251 e. The molecule has 1 atom stereocenters. The summed E-state index contributed by atoms with van der Waals surface area (Å²) in [5.41, 5.74) is 2.54. The van der Waals surface area contributed by atoms with Gasteiger partial charge in [-0.3, -0.25) is 9.59 Å². The van der Waals surface area contributed by atoms with Crippen LogP contribution in [-0.4, -0.2) is 31.4 Å². The zero-order valence-corrected chi connectivity index (χ0v) is 18.6. The molecule has 1 amide bonds. The summed E-state index contributed by atoms with van der Waals surface area (Å²) in [7, 11) is 0. The number of carbonyl (C=O) groups is 1. The summed E-state index contributed by atoms with van der Waals surface area (Å²) in [5.74, 6) is 0.492. The maximum absolute atomic E-state index is 12.6. The van der Waals surface area contributed by atoms with Crippen molar-refractivity contribution in [2.75, 3.05) is 5.32 Å². The molecule has 6 nitrogen and oxygen atoms in total. The lowest BCUT2D eigenvalue weighted by Gasteiger charge is -2.10. The molecule has 2 N–H and O–H groups in total. The first-order valence-corrected chi connectivity index (χ1v) is 11.6. The van der Waals surface area contributed by atoms with Gasteiger partial charge in [0, 0.05) is 11.8 Å². The van der Waals surface area contributed by atoms with E-state index in [2.05, 4.69) is 40.2 Å². The molecule has 0 spiro atoms. The minimum absolute atomic E-state index is 0.176. The molecular formula is C19H22N4O2S3. The lowest BCUT2D eigenvalue weighted by atomic mass is 10.2. The molecule has 9 heteroatoms. The lowest BCUT2D eigenvalue weighted by Crippen LogP contribution is -2.23. The van der Waals surface area contributed by atoms with E-state index in [9.17, 15) is 9.59 Å². The molecule has 1 aromatic carbocycles. The number of nitrogens with one attached hydrogen (secondary N) is 2. The molecule has 1 unspecified atom stereocenters. The molecule has 3 rings (SSSR count). The van der Waals surface area contributed by atoms with Crippen molar-refractivity contribution in [1.82, 2.24) is 15.0 Å². The maximum atomic E-state index is 12.6. The topological polar surface area (TPSA) is 87.7 Å². The second-order valence-electron chi connectivity index (χ2n) is 6.64. The summed E-state index contributed by atoms with van der Waals surface area (Å²) in [4.78, 5) is 36.1. The molecule has 0 aliphatic heterocycles. The highest BCUT2D eigenvalue weighted by molar-refractivity contribution is 8.00. The molecular weight excluding hydrogens is 412 g/mol. The molecule has 2 aromatic heterocycles. The van der Waals surface area contributed by atoms with Crippen LogP contribution in [0, 0.1) is 6.92 Å². The number of hydrogen-bond donors (Lipinski definition) is 2. The van der Waals surface area contributed by atoms with Crippen LogP contribution < -0.4 is 10.9 Å². The number of aromatic amines is 1. The Hall–Kier alpha value is -1.84. The average Bonchev–Trinajstić information content (AvgIpc) is 3.00. The van der Waals surface area contributed by atoms with E-state index in [0.29, 0.717) is 21.3 Å². The number of thiazole rings is 1. The fourth-order valence-corrected chi connectivity index (χ4v) is 4.83. The van der Waals surface area contributed by atoms with Crippen molar-refractivity contribution in [3.63, 3.8) is 0 Å². The second-order valence-corrected chi connectivity index (χ2v) is 10.6. The van der Waals surface area contributed by atoms with E-state index in [1.807, 2.05) is 19.1 Å². The standard InChI is InChI=1S/C19H22N4O2S3/c1-10(2)26-9-13-8-16(24)22-18(20-13)27-12(4)17(25)23-19-21-14-6-5-11(3)7-15(14)28-19/h5-8,10,12H,9H2,1-4H3,(H,20,22,24)(H,21,23,25). The van der Waals surface area contributed by atoms with Crippen molar-refractivity contribution < 1.29 is 4.79 Å². The van der Waals surface area contributed by atoms with E-state index in [1.54, 1.807) is 18.7 Å². The van der Waals surface area contributed by atoms with E-state index in [0.717, 1.165) is 21.5 Å². The van der Waals surface area contributed by atoms with Gasteiger partial charge in [0.1, 0.15) is 0 Å². The minimum Gasteiger partial charge on any atom is -0.301 e. The predicted molar refractivity (Wildman–Crippen MR) is 120 cm³/mol. The van der Waals surface area contributed by atoms with Crippen molar-refractivity contribution in [1.29, 1.82) is 0 Å². The van der Waals surface area contributed by atoms with Crippen LogP contribution in [0.25, 0.3) is 10.2 Å². The van der Waals surface area contributed by atoms with Crippen molar-refractivity contribution in [2.45, 2.75) is 49.1 Å². The number of benzene rings is 1. The summed E-state index contributed by atoms with van der Waals surface area (Å²) >= 11 is 4.40. The van der Waals surface area contributed by atoms with Crippen LogP contribution >= 0.6 is 34.9 Å². The summed E-state index contributed by atoms with van der Waals surface area (Å²) in [6, 6.07) is 7.51. The molecule has 0 saturated carbocycles. The second kappa shape index (κ2) is 9.11. The molecule has 0 aliphatic rings. The number of carbonyl (C=O) groups excluding carboxylic acids is 1. The minimum atomic E-state index is -0.426. The third-order valence-electron chi connectivity index (χ3n) is 3.77. The molecule has 148 valence electrons. The monoisotopic (exact) mass is 434 g/mol. The van der Waals surface area contributed by atoms with Crippen LogP contribution in [0.4, 0.5) is 5.13 Å². The zero-order valence-electron chi connectivity index (χ0n) is 16.1.